The predicted octanol–water partition coefficient (Wildman–Crippen LogP) is 16.0. The number of carbonyl (C=O) groups excluding carboxylic acids is 3. The molecule has 0 radical (unpaired) electrons. The minimum atomic E-state index is -0.697. The molecule has 0 aliphatic rings. The van der Waals surface area contributed by atoms with E-state index >= 15 is 0 Å². The van der Waals surface area contributed by atoms with Crippen molar-refractivity contribution in [1.82, 2.24) is 29.9 Å². The van der Waals surface area contributed by atoms with Gasteiger partial charge in [-0.2, -0.15) is 4.39 Å². The van der Waals surface area contributed by atoms with E-state index in [2.05, 4.69) is 52.8 Å². The van der Waals surface area contributed by atoms with Crippen molar-refractivity contribution < 1.29 is 33.0 Å². The fourth-order valence-corrected chi connectivity index (χ4v) is 11.0. The number of ether oxygens (including phenoxy) is 3. The molecule has 3 amide bonds. The molecule has 6 aromatic heterocycles. The van der Waals surface area contributed by atoms with Crippen LogP contribution in [-0.4, -0.2) is 59.8 Å². The lowest BCUT2D eigenvalue weighted by atomic mass is 10.0. The van der Waals surface area contributed by atoms with E-state index in [4.69, 9.17) is 14.2 Å². The van der Waals surface area contributed by atoms with Crippen molar-refractivity contribution in [1.29, 1.82) is 0 Å². The number of nitrogens with one attached hydrogen (secondary N) is 3. The molecule has 83 heavy (non-hydrogen) atoms. The second kappa shape index (κ2) is 27.6. The molecule has 0 saturated heterocycles. The summed E-state index contributed by atoms with van der Waals surface area (Å²) >= 11 is 4.13. The highest BCUT2D eigenvalue weighted by Crippen LogP contribution is 2.37. The van der Waals surface area contributed by atoms with Crippen molar-refractivity contribution in [3.63, 3.8) is 0 Å². The van der Waals surface area contributed by atoms with Crippen molar-refractivity contribution in [3.05, 3.63) is 206 Å². The van der Waals surface area contributed by atoms with Gasteiger partial charge in [-0.05, 0) is 188 Å². The van der Waals surface area contributed by atoms with Crippen LogP contribution in [0, 0.1) is 54.4 Å². The number of benzene rings is 4. The molecule has 0 unspecified atom stereocenters. The molecular weight excluding hydrogens is 1110 g/mol. The number of carbonyl (C=O) groups is 3. The number of hydrogen-bond donors (Lipinski definition) is 3. The van der Waals surface area contributed by atoms with E-state index in [0.29, 0.717) is 26.5 Å². The monoisotopic (exact) mass is 1170 g/mol. The summed E-state index contributed by atoms with van der Waals surface area (Å²) in [5.74, 6) is 1.77. The zero-order chi connectivity index (χ0) is 59.3. The number of halogens is 1. The molecule has 0 aliphatic heterocycles. The Hall–Kier alpha value is -9.04. The van der Waals surface area contributed by atoms with Crippen molar-refractivity contribution in [2.24, 2.45) is 0 Å². The zero-order valence-electron chi connectivity index (χ0n) is 47.7. The molecule has 0 saturated carbocycles. The first-order valence-corrected chi connectivity index (χ1v) is 29.1. The second-order valence-electron chi connectivity index (χ2n) is 19.9. The van der Waals surface area contributed by atoms with Crippen molar-refractivity contribution >= 4 is 67.1 Å². The summed E-state index contributed by atoms with van der Waals surface area (Å²) in [4.78, 5) is 61.9. The van der Waals surface area contributed by atoms with E-state index < -0.39 is 11.9 Å². The minimum Gasteiger partial charge on any atom is -0.491 e. The van der Waals surface area contributed by atoms with Crippen LogP contribution in [-0.2, 0) is 0 Å². The Bertz CT molecular complexity index is 3820. The number of rotatable bonds is 15. The maximum atomic E-state index is 13.2. The predicted molar refractivity (Wildman–Crippen MR) is 330 cm³/mol. The van der Waals surface area contributed by atoms with Crippen LogP contribution in [0.4, 0.5) is 19.8 Å². The molecule has 0 bridgehead atoms. The Labute approximate surface area is 494 Å². The third-order valence-corrected chi connectivity index (χ3v) is 14.6. The quantitative estimate of drug-likeness (QED) is 0.0824. The first kappa shape index (κ1) is 60.1. The molecule has 0 aliphatic carbocycles. The highest BCUT2D eigenvalue weighted by atomic mass is 32.1. The first-order valence-electron chi connectivity index (χ1n) is 26.4. The standard InChI is InChI=1S/C24H21N3O2S.C20H20FN3O2S.C20H21N3O2S/c1-15-4-6-19(7-5-15)29-20-12-16(2)22(17(3)13-20)21-14-30-24(26-21)27-23(28)18-8-10-25-11-9-18;1-11(2)26-15-7-12(3)18(13(4)8-15)16-10-27-20(23-16)24-19(25)14-5-6-22-17(21)9-14;1-12(2)25-16-9-13(3)18(14(4)10-16)17-11-26-20(22-17)23-19(24)15-5-7-21-8-6-15/h4-14H,1-3H3,(H,26,27,28);5-11H,1-4H3,(H,23,24,25);5-12H,1-4H3,(H,22,23,24). The summed E-state index contributed by atoms with van der Waals surface area (Å²) in [6.07, 6.45) is 7.86. The SMILES string of the molecule is Cc1cc(OC(C)C)cc(C)c1-c1csc(NC(=O)c2ccnc(F)c2)n1.Cc1cc(OC(C)C)cc(C)c1-c1csc(NC(=O)c2ccncc2)n1.Cc1ccc(Oc2cc(C)c(-c3csc(NC(=O)c4ccncc4)n3)c(C)c2)cc1. The minimum absolute atomic E-state index is 0.105. The van der Waals surface area contributed by atoms with E-state index in [1.807, 2.05) is 146 Å². The van der Waals surface area contributed by atoms with Gasteiger partial charge in [-0.3, -0.25) is 40.3 Å². The van der Waals surface area contributed by atoms with Gasteiger partial charge in [0.15, 0.2) is 15.4 Å². The van der Waals surface area contributed by atoms with E-state index in [-0.39, 0.29) is 29.6 Å². The van der Waals surface area contributed by atoms with Gasteiger partial charge in [0.05, 0.1) is 29.3 Å². The Morgan fingerprint density at radius 1 is 0.434 bits per heavy atom. The molecule has 4 aromatic carbocycles. The van der Waals surface area contributed by atoms with Gasteiger partial charge in [0.2, 0.25) is 5.95 Å². The first-order chi connectivity index (χ1) is 39.8. The highest BCUT2D eigenvalue weighted by molar-refractivity contribution is 7.14. The van der Waals surface area contributed by atoms with Gasteiger partial charge in [0.25, 0.3) is 17.7 Å². The van der Waals surface area contributed by atoms with Gasteiger partial charge in [-0.25, -0.2) is 19.9 Å². The number of aryl methyl sites for hydroxylation is 7. The normalized spacial score (nSPS) is 10.8. The molecule has 3 N–H and O–H groups in total. The van der Waals surface area contributed by atoms with Crippen molar-refractivity contribution in [3.8, 4) is 56.8 Å². The molecule has 0 atom stereocenters. The number of aromatic nitrogens is 6. The number of thiazole rings is 3. The van der Waals surface area contributed by atoms with E-state index in [0.717, 1.165) is 96.2 Å². The van der Waals surface area contributed by atoms with Gasteiger partial charge in [0, 0.05) is 86.6 Å². The largest absolute Gasteiger partial charge is 0.491 e. The molecule has 0 fully saturated rings. The van der Waals surface area contributed by atoms with Crippen LogP contribution in [0.15, 0.2) is 144 Å². The Morgan fingerprint density at radius 2 is 0.771 bits per heavy atom. The summed E-state index contributed by atoms with van der Waals surface area (Å²) in [6.45, 7) is 22.2. The maximum Gasteiger partial charge on any atom is 0.257 e. The fourth-order valence-electron chi connectivity index (χ4n) is 8.86. The van der Waals surface area contributed by atoms with Gasteiger partial charge in [0.1, 0.15) is 23.0 Å². The molecule has 0 spiro atoms. The number of pyridine rings is 3. The topological polar surface area (TPSA) is 192 Å². The summed E-state index contributed by atoms with van der Waals surface area (Å²) in [7, 11) is 0. The number of anilines is 3. The van der Waals surface area contributed by atoms with E-state index in [1.54, 1.807) is 49.1 Å². The van der Waals surface area contributed by atoms with Gasteiger partial charge in [-0.1, -0.05) is 17.7 Å². The zero-order valence-corrected chi connectivity index (χ0v) is 50.2. The van der Waals surface area contributed by atoms with E-state index in [1.165, 1.54) is 51.8 Å². The lowest BCUT2D eigenvalue weighted by molar-refractivity contribution is 0.101. The number of hydrogen-bond acceptors (Lipinski definition) is 15. The van der Waals surface area contributed by atoms with E-state index in [9.17, 15) is 18.8 Å². The molecule has 10 aromatic rings. The third kappa shape index (κ3) is 16.3. The molecule has 6 heterocycles. The average molecular weight is 1170 g/mol. The summed E-state index contributed by atoms with van der Waals surface area (Å²) in [6, 6.07) is 29.3. The smallest absolute Gasteiger partial charge is 0.257 e. The lowest BCUT2D eigenvalue weighted by Gasteiger charge is -2.14. The highest BCUT2D eigenvalue weighted by Gasteiger charge is 2.19. The summed E-state index contributed by atoms with van der Waals surface area (Å²) in [5.41, 5.74) is 14.5. The molecule has 15 nitrogen and oxygen atoms in total. The number of nitrogens with zero attached hydrogens (tertiary/aromatic N) is 6. The van der Waals surface area contributed by atoms with Crippen molar-refractivity contribution in [2.75, 3.05) is 16.0 Å². The second-order valence-corrected chi connectivity index (χ2v) is 22.4. The Balaban J connectivity index is 0.000000163. The fraction of sp³-hybridized carbons (Fsp3) is 0.203. The van der Waals surface area contributed by atoms with Crippen molar-refractivity contribution in [2.45, 2.75) is 88.4 Å². The average Bonchev–Trinajstić information content (AvgIpc) is 4.38. The van der Waals surface area contributed by atoms with Crippen LogP contribution in [0.25, 0.3) is 33.8 Å². The van der Waals surface area contributed by atoms with Crippen LogP contribution >= 0.6 is 34.0 Å². The molecular formula is C64H62FN9O6S3. The van der Waals surface area contributed by atoms with Crippen LogP contribution in [0.5, 0.6) is 23.0 Å². The van der Waals surface area contributed by atoms with Crippen LogP contribution in [0.1, 0.15) is 97.7 Å². The Kier molecular flexibility index (Phi) is 20.0. The van der Waals surface area contributed by atoms with Crippen LogP contribution < -0.4 is 30.2 Å². The summed E-state index contributed by atoms with van der Waals surface area (Å²) in [5, 5.41) is 15.8. The summed E-state index contributed by atoms with van der Waals surface area (Å²) < 4.78 is 30.8. The van der Waals surface area contributed by atoms with Gasteiger partial charge >= 0.3 is 0 Å². The number of amides is 3. The Morgan fingerprint density at radius 3 is 1.12 bits per heavy atom. The maximum absolute atomic E-state index is 13.2. The molecule has 424 valence electrons. The molecule has 19 heteroatoms. The molecule has 10 rings (SSSR count). The van der Waals surface area contributed by atoms with Crippen LogP contribution in [0.2, 0.25) is 0 Å². The lowest BCUT2D eigenvalue weighted by Crippen LogP contribution is -2.12. The van der Waals surface area contributed by atoms with Crippen LogP contribution in [0.3, 0.4) is 0 Å². The van der Waals surface area contributed by atoms with Gasteiger partial charge < -0.3 is 14.2 Å². The third-order valence-electron chi connectivity index (χ3n) is 12.3. The van der Waals surface area contributed by atoms with Gasteiger partial charge in [-0.15, -0.1) is 34.0 Å².